The highest BCUT2D eigenvalue weighted by molar-refractivity contribution is 5.76. The molecule has 5 nitrogen and oxygen atoms in total. The van der Waals surface area contributed by atoms with Crippen LogP contribution in [0.3, 0.4) is 0 Å². The van der Waals surface area contributed by atoms with E-state index in [1.54, 1.807) is 6.20 Å². The minimum atomic E-state index is 0.130. The Hall–Kier alpha value is -2.30. The number of amides is 1. The summed E-state index contributed by atoms with van der Waals surface area (Å²) < 4.78 is 1.82. The molecule has 0 bridgehead atoms. The molecule has 0 aliphatic carbocycles. The molecule has 24 heavy (non-hydrogen) atoms. The van der Waals surface area contributed by atoms with E-state index in [9.17, 15) is 4.79 Å². The Kier molecular flexibility index (Phi) is 5.18. The summed E-state index contributed by atoms with van der Waals surface area (Å²) in [4.78, 5) is 14.5. The molecule has 0 spiro atoms. The monoisotopic (exact) mass is 326 g/mol. The van der Waals surface area contributed by atoms with Crippen LogP contribution in [0.4, 0.5) is 5.69 Å². The summed E-state index contributed by atoms with van der Waals surface area (Å²) >= 11 is 0. The summed E-state index contributed by atoms with van der Waals surface area (Å²) in [6.45, 7) is 5.02. The molecular formula is C19H26N4O. The third-order valence-electron chi connectivity index (χ3n) is 4.86. The van der Waals surface area contributed by atoms with Crippen molar-refractivity contribution >= 4 is 11.6 Å². The minimum absolute atomic E-state index is 0.130. The Balaban J connectivity index is 1.42. The molecule has 2 aromatic rings. The lowest BCUT2D eigenvalue weighted by Crippen LogP contribution is -2.31. The maximum atomic E-state index is 12.1. The van der Waals surface area contributed by atoms with Crippen LogP contribution >= 0.6 is 0 Å². The topological polar surface area (TPSA) is 50.2 Å². The van der Waals surface area contributed by atoms with E-state index in [-0.39, 0.29) is 5.91 Å². The number of carbonyl (C=O) groups is 1. The standard InChI is InChI=1S/C19H26N4O/c1-15-5-3-4-6-18(15)23-12-10-16(14-23)13-20-19(24)8-7-17-9-11-21-22(17)2/h3-6,9,11,16H,7-8,10,12-14H2,1-2H3,(H,20,24)/t16-/m1/s1. The van der Waals surface area contributed by atoms with Crippen molar-refractivity contribution in [3.63, 3.8) is 0 Å². The second-order valence-electron chi connectivity index (χ2n) is 6.64. The number of rotatable bonds is 6. The van der Waals surface area contributed by atoms with Crippen molar-refractivity contribution in [2.45, 2.75) is 26.2 Å². The van der Waals surface area contributed by atoms with Crippen molar-refractivity contribution in [2.24, 2.45) is 13.0 Å². The first-order chi connectivity index (χ1) is 11.6. The molecule has 2 heterocycles. The second kappa shape index (κ2) is 7.51. The predicted octanol–water partition coefficient (Wildman–Crippen LogP) is 2.30. The van der Waals surface area contributed by atoms with Crippen molar-refractivity contribution in [2.75, 3.05) is 24.5 Å². The van der Waals surface area contributed by atoms with Crippen LogP contribution in [-0.2, 0) is 18.3 Å². The highest BCUT2D eigenvalue weighted by Crippen LogP contribution is 2.26. The van der Waals surface area contributed by atoms with Crippen molar-refractivity contribution in [3.05, 3.63) is 47.8 Å². The second-order valence-corrected chi connectivity index (χ2v) is 6.64. The lowest BCUT2D eigenvalue weighted by Gasteiger charge is -2.21. The van der Waals surface area contributed by atoms with Gasteiger partial charge in [-0.2, -0.15) is 5.10 Å². The van der Waals surface area contributed by atoms with Gasteiger partial charge in [-0.15, -0.1) is 0 Å². The molecule has 1 atom stereocenters. The van der Waals surface area contributed by atoms with Crippen LogP contribution in [0.2, 0.25) is 0 Å². The quantitative estimate of drug-likeness (QED) is 0.886. The molecule has 128 valence electrons. The van der Waals surface area contributed by atoms with Gasteiger partial charge in [0.25, 0.3) is 0 Å². The maximum absolute atomic E-state index is 12.1. The van der Waals surface area contributed by atoms with E-state index in [0.717, 1.165) is 38.2 Å². The van der Waals surface area contributed by atoms with Crippen LogP contribution in [-0.4, -0.2) is 35.3 Å². The largest absolute Gasteiger partial charge is 0.371 e. The number of aryl methyl sites for hydroxylation is 3. The smallest absolute Gasteiger partial charge is 0.220 e. The third-order valence-corrected chi connectivity index (χ3v) is 4.86. The van der Waals surface area contributed by atoms with Crippen molar-refractivity contribution in [3.8, 4) is 0 Å². The third kappa shape index (κ3) is 3.96. The molecule has 0 radical (unpaired) electrons. The molecule has 0 unspecified atom stereocenters. The summed E-state index contributed by atoms with van der Waals surface area (Å²) in [7, 11) is 1.91. The highest BCUT2D eigenvalue weighted by atomic mass is 16.1. The van der Waals surface area contributed by atoms with Crippen molar-refractivity contribution in [1.29, 1.82) is 0 Å². The van der Waals surface area contributed by atoms with E-state index < -0.39 is 0 Å². The zero-order chi connectivity index (χ0) is 16.9. The number of hydrogen-bond donors (Lipinski definition) is 1. The van der Waals surface area contributed by atoms with Gasteiger partial charge in [0.05, 0.1) is 0 Å². The van der Waals surface area contributed by atoms with Gasteiger partial charge in [0.15, 0.2) is 0 Å². The lowest BCUT2D eigenvalue weighted by atomic mass is 10.1. The fraction of sp³-hybridized carbons (Fsp3) is 0.474. The zero-order valence-electron chi connectivity index (χ0n) is 14.5. The van der Waals surface area contributed by atoms with Gasteiger partial charge in [-0.25, -0.2) is 0 Å². The van der Waals surface area contributed by atoms with Gasteiger partial charge >= 0.3 is 0 Å². The molecule has 1 aliphatic rings. The summed E-state index contributed by atoms with van der Waals surface area (Å²) in [5.41, 5.74) is 3.73. The molecule has 1 N–H and O–H groups in total. The van der Waals surface area contributed by atoms with Crippen LogP contribution in [0.15, 0.2) is 36.5 Å². The number of para-hydroxylation sites is 1. The van der Waals surface area contributed by atoms with Crippen molar-refractivity contribution in [1.82, 2.24) is 15.1 Å². The zero-order valence-corrected chi connectivity index (χ0v) is 14.5. The average Bonchev–Trinajstić information content (AvgIpc) is 3.20. The molecule has 5 heteroatoms. The summed E-state index contributed by atoms with van der Waals surface area (Å²) in [6, 6.07) is 10.5. The molecule has 1 amide bonds. The normalized spacial score (nSPS) is 17.2. The van der Waals surface area contributed by atoms with Crippen LogP contribution < -0.4 is 10.2 Å². The Labute approximate surface area is 143 Å². The van der Waals surface area contributed by atoms with Gasteiger partial charge in [0, 0.05) is 50.7 Å². The molecule has 1 fully saturated rings. The number of aromatic nitrogens is 2. The van der Waals surface area contributed by atoms with E-state index in [0.29, 0.717) is 12.3 Å². The van der Waals surface area contributed by atoms with Gasteiger partial charge in [-0.1, -0.05) is 18.2 Å². The van der Waals surface area contributed by atoms with E-state index in [1.165, 1.54) is 11.3 Å². The minimum Gasteiger partial charge on any atom is -0.371 e. The lowest BCUT2D eigenvalue weighted by molar-refractivity contribution is -0.121. The molecule has 3 rings (SSSR count). The number of anilines is 1. The first-order valence-corrected chi connectivity index (χ1v) is 8.67. The molecule has 1 aromatic carbocycles. The number of nitrogens with zero attached hydrogens (tertiary/aromatic N) is 3. The summed E-state index contributed by atoms with van der Waals surface area (Å²) in [6.07, 6.45) is 4.17. The van der Waals surface area contributed by atoms with Crippen LogP contribution in [0.5, 0.6) is 0 Å². The van der Waals surface area contributed by atoms with Gasteiger partial charge < -0.3 is 10.2 Å². The summed E-state index contributed by atoms with van der Waals surface area (Å²) in [5.74, 6) is 0.663. The van der Waals surface area contributed by atoms with Crippen LogP contribution in [0, 0.1) is 12.8 Å². The fourth-order valence-corrected chi connectivity index (χ4v) is 3.37. The van der Waals surface area contributed by atoms with Gasteiger partial charge in [0.1, 0.15) is 0 Å². The van der Waals surface area contributed by atoms with E-state index >= 15 is 0 Å². The molecule has 0 saturated carbocycles. The maximum Gasteiger partial charge on any atom is 0.220 e. The average molecular weight is 326 g/mol. The number of nitrogens with one attached hydrogen (secondary N) is 1. The highest BCUT2D eigenvalue weighted by Gasteiger charge is 2.23. The van der Waals surface area contributed by atoms with Gasteiger partial charge in [0.2, 0.25) is 5.91 Å². The Morgan fingerprint density at radius 3 is 2.92 bits per heavy atom. The van der Waals surface area contributed by atoms with Crippen molar-refractivity contribution < 1.29 is 4.79 Å². The number of hydrogen-bond acceptors (Lipinski definition) is 3. The van der Waals surface area contributed by atoms with Gasteiger partial charge in [-0.05, 0) is 43.4 Å². The Morgan fingerprint density at radius 1 is 1.33 bits per heavy atom. The fourth-order valence-electron chi connectivity index (χ4n) is 3.37. The predicted molar refractivity (Wildman–Crippen MR) is 96.0 cm³/mol. The van der Waals surface area contributed by atoms with Crippen LogP contribution in [0.25, 0.3) is 0 Å². The number of benzene rings is 1. The Morgan fingerprint density at radius 2 is 2.17 bits per heavy atom. The van der Waals surface area contributed by atoms with E-state index in [2.05, 4.69) is 46.5 Å². The van der Waals surface area contributed by atoms with E-state index in [4.69, 9.17) is 0 Å². The first kappa shape index (κ1) is 16.6. The number of carbonyl (C=O) groups excluding carboxylic acids is 1. The summed E-state index contributed by atoms with van der Waals surface area (Å²) in [5, 5.41) is 7.23. The van der Waals surface area contributed by atoms with Gasteiger partial charge in [-0.3, -0.25) is 9.48 Å². The molecule has 1 aromatic heterocycles. The first-order valence-electron chi connectivity index (χ1n) is 8.67. The molecule has 1 aliphatic heterocycles. The molecule has 1 saturated heterocycles. The molecular weight excluding hydrogens is 300 g/mol. The SMILES string of the molecule is Cc1ccccc1N1CC[C@H](CNC(=O)CCc2ccnn2C)C1. The Bertz CT molecular complexity index is 694. The van der Waals surface area contributed by atoms with E-state index in [1.807, 2.05) is 17.8 Å². The van der Waals surface area contributed by atoms with Crippen LogP contribution in [0.1, 0.15) is 24.1 Å².